The second kappa shape index (κ2) is 8.63. The van der Waals surface area contributed by atoms with Crippen LogP contribution < -0.4 is 10.0 Å². The minimum absolute atomic E-state index is 0.0964. The van der Waals surface area contributed by atoms with E-state index in [2.05, 4.69) is 37.7 Å². The number of sulfonamides is 1. The van der Waals surface area contributed by atoms with Gasteiger partial charge in [-0.15, -0.1) is 0 Å². The van der Waals surface area contributed by atoms with Crippen LogP contribution in [-0.2, 0) is 10.0 Å². The molecule has 0 aliphatic heterocycles. The third-order valence-electron chi connectivity index (χ3n) is 5.80. The van der Waals surface area contributed by atoms with E-state index in [0.29, 0.717) is 17.2 Å². The molecule has 0 saturated heterocycles. The molecular weight excluding hydrogens is 426 g/mol. The Morgan fingerprint density at radius 3 is 2.32 bits per heavy atom. The molecule has 0 fully saturated rings. The van der Waals surface area contributed by atoms with E-state index in [1.54, 1.807) is 23.5 Å². The highest BCUT2D eigenvalue weighted by Crippen LogP contribution is 2.36. The minimum atomic E-state index is -3.72. The SMILES string of the molecule is Cc1ccccc1NS(=O)(=O)c1cc(-c2sc(NC(C)(C)C(C)C)nc2C)ccc1C. The third kappa shape index (κ3) is 5.10. The fraction of sp³-hybridized carbons (Fsp3) is 0.375. The number of nitrogens with zero attached hydrogens (tertiary/aromatic N) is 1. The second-order valence-electron chi connectivity index (χ2n) is 8.84. The normalized spacial score (nSPS) is 12.3. The zero-order valence-corrected chi connectivity index (χ0v) is 20.8. The van der Waals surface area contributed by atoms with Gasteiger partial charge in [0, 0.05) is 5.54 Å². The van der Waals surface area contributed by atoms with Gasteiger partial charge in [-0.25, -0.2) is 13.4 Å². The zero-order chi connectivity index (χ0) is 23.0. The van der Waals surface area contributed by atoms with Gasteiger partial charge in [0.1, 0.15) is 0 Å². The topological polar surface area (TPSA) is 71.1 Å². The van der Waals surface area contributed by atoms with Gasteiger partial charge in [0.05, 0.1) is 21.2 Å². The summed E-state index contributed by atoms with van der Waals surface area (Å²) in [5, 5.41) is 4.36. The molecule has 5 nitrogen and oxygen atoms in total. The van der Waals surface area contributed by atoms with E-state index in [0.717, 1.165) is 26.8 Å². The Bertz CT molecular complexity index is 1200. The Morgan fingerprint density at radius 2 is 1.68 bits per heavy atom. The van der Waals surface area contributed by atoms with Crippen LogP contribution in [0.15, 0.2) is 47.4 Å². The number of aromatic nitrogens is 1. The summed E-state index contributed by atoms with van der Waals surface area (Å²) >= 11 is 1.55. The lowest BCUT2D eigenvalue weighted by Crippen LogP contribution is -2.36. The van der Waals surface area contributed by atoms with Gasteiger partial charge < -0.3 is 5.32 Å². The Hall–Kier alpha value is -2.38. The Kier molecular flexibility index (Phi) is 6.48. The lowest BCUT2D eigenvalue weighted by atomic mass is 9.91. The van der Waals surface area contributed by atoms with Crippen molar-refractivity contribution in [1.82, 2.24) is 4.98 Å². The number of thiazole rings is 1. The van der Waals surface area contributed by atoms with Gasteiger partial charge in [-0.3, -0.25) is 4.72 Å². The van der Waals surface area contributed by atoms with Crippen LogP contribution in [0.5, 0.6) is 0 Å². The van der Waals surface area contributed by atoms with Crippen LogP contribution >= 0.6 is 11.3 Å². The number of hydrogen-bond acceptors (Lipinski definition) is 5. The molecule has 1 heterocycles. The van der Waals surface area contributed by atoms with Gasteiger partial charge in [-0.05, 0) is 69.4 Å². The first-order valence-electron chi connectivity index (χ1n) is 10.4. The lowest BCUT2D eigenvalue weighted by molar-refractivity contribution is 0.407. The molecule has 3 rings (SSSR count). The highest BCUT2D eigenvalue weighted by Gasteiger charge is 2.25. The molecule has 0 saturated carbocycles. The number of hydrogen-bond donors (Lipinski definition) is 2. The quantitative estimate of drug-likeness (QED) is 0.432. The van der Waals surface area contributed by atoms with Crippen molar-refractivity contribution in [3.05, 3.63) is 59.3 Å². The lowest BCUT2D eigenvalue weighted by Gasteiger charge is -2.30. The molecule has 0 spiro atoms. The van der Waals surface area contributed by atoms with Gasteiger partial charge >= 0.3 is 0 Å². The van der Waals surface area contributed by atoms with Crippen molar-refractivity contribution in [2.24, 2.45) is 5.92 Å². The number of para-hydroxylation sites is 1. The smallest absolute Gasteiger partial charge is 0.262 e. The number of benzene rings is 2. The summed E-state index contributed by atoms with van der Waals surface area (Å²) in [5.41, 5.74) is 3.80. The van der Waals surface area contributed by atoms with Crippen molar-refractivity contribution < 1.29 is 8.42 Å². The standard InChI is InChI=1S/C24H31N3O2S2/c1-15(2)24(6,7)26-23-25-18(5)22(30-23)19-13-12-17(4)21(14-19)31(28,29)27-20-11-9-8-10-16(20)3/h8-15,27H,1-7H3,(H,25,26). The maximum Gasteiger partial charge on any atom is 0.262 e. The van der Waals surface area contributed by atoms with E-state index < -0.39 is 10.0 Å². The molecule has 31 heavy (non-hydrogen) atoms. The molecule has 166 valence electrons. The first-order valence-corrected chi connectivity index (χ1v) is 12.7. The molecule has 0 aliphatic rings. The molecular formula is C24H31N3O2S2. The minimum Gasteiger partial charge on any atom is -0.356 e. The van der Waals surface area contributed by atoms with Crippen molar-refractivity contribution >= 4 is 32.2 Å². The van der Waals surface area contributed by atoms with Gasteiger partial charge in [0.25, 0.3) is 10.0 Å². The van der Waals surface area contributed by atoms with Crippen molar-refractivity contribution in [2.75, 3.05) is 10.0 Å². The van der Waals surface area contributed by atoms with Crippen LogP contribution in [0.3, 0.4) is 0 Å². The van der Waals surface area contributed by atoms with Crippen LogP contribution in [0, 0.1) is 26.7 Å². The first kappa shape index (κ1) is 23.3. The van der Waals surface area contributed by atoms with Crippen LogP contribution in [0.25, 0.3) is 10.4 Å². The summed E-state index contributed by atoms with van der Waals surface area (Å²) in [6.07, 6.45) is 0. The largest absolute Gasteiger partial charge is 0.356 e. The Balaban J connectivity index is 1.97. The van der Waals surface area contributed by atoms with Crippen LogP contribution in [0.1, 0.15) is 44.5 Å². The summed E-state index contributed by atoms with van der Waals surface area (Å²) in [6.45, 7) is 14.3. The van der Waals surface area contributed by atoms with Crippen molar-refractivity contribution in [1.29, 1.82) is 0 Å². The fourth-order valence-corrected chi connectivity index (χ4v) is 5.59. The van der Waals surface area contributed by atoms with Gasteiger partial charge in [-0.2, -0.15) is 0 Å². The Labute approximate surface area is 190 Å². The van der Waals surface area contributed by atoms with E-state index in [4.69, 9.17) is 4.98 Å². The second-order valence-corrected chi connectivity index (χ2v) is 11.5. The molecule has 7 heteroatoms. The maximum atomic E-state index is 13.2. The molecule has 0 atom stereocenters. The summed E-state index contributed by atoms with van der Waals surface area (Å²) in [6, 6.07) is 12.9. The van der Waals surface area contributed by atoms with Gasteiger partial charge in [0.2, 0.25) is 0 Å². The fourth-order valence-electron chi connectivity index (χ4n) is 3.06. The van der Waals surface area contributed by atoms with E-state index in [9.17, 15) is 8.42 Å². The molecule has 0 unspecified atom stereocenters. The van der Waals surface area contributed by atoms with Crippen molar-refractivity contribution in [3.8, 4) is 10.4 Å². The highest BCUT2D eigenvalue weighted by atomic mass is 32.2. The van der Waals surface area contributed by atoms with E-state index in [-0.39, 0.29) is 10.4 Å². The van der Waals surface area contributed by atoms with E-state index in [1.165, 1.54) is 0 Å². The average molecular weight is 458 g/mol. The molecule has 0 aliphatic carbocycles. The van der Waals surface area contributed by atoms with Crippen molar-refractivity contribution in [2.45, 2.75) is 58.9 Å². The van der Waals surface area contributed by atoms with Crippen LogP contribution in [0.2, 0.25) is 0 Å². The number of nitrogens with one attached hydrogen (secondary N) is 2. The summed E-state index contributed by atoms with van der Waals surface area (Å²) in [4.78, 5) is 5.93. The predicted molar refractivity (Wildman–Crippen MR) is 132 cm³/mol. The maximum absolute atomic E-state index is 13.2. The molecule has 3 aromatic rings. The molecule has 0 radical (unpaired) electrons. The molecule has 2 N–H and O–H groups in total. The number of aryl methyl sites for hydroxylation is 3. The molecule has 0 amide bonds. The summed E-state index contributed by atoms with van der Waals surface area (Å²) < 4.78 is 29.1. The Morgan fingerprint density at radius 1 is 1.00 bits per heavy atom. The van der Waals surface area contributed by atoms with Gasteiger partial charge in [-0.1, -0.05) is 55.5 Å². The molecule has 1 aromatic heterocycles. The zero-order valence-electron chi connectivity index (χ0n) is 19.2. The summed E-state index contributed by atoms with van der Waals surface area (Å²) in [5.74, 6) is 0.434. The third-order valence-corrected chi connectivity index (χ3v) is 8.43. The predicted octanol–water partition coefficient (Wildman–Crippen LogP) is 6.38. The summed E-state index contributed by atoms with van der Waals surface area (Å²) in [7, 11) is -3.72. The van der Waals surface area contributed by atoms with Crippen LogP contribution in [-0.4, -0.2) is 18.9 Å². The van der Waals surface area contributed by atoms with Crippen LogP contribution in [0.4, 0.5) is 10.8 Å². The molecule has 2 aromatic carbocycles. The highest BCUT2D eigenvalue weighted by molar-refractivity contribution is 7.92. The van der Waals surface area contributed by atoms with Crippen molar-refractivity contribution in [3.63, 3.8) is 0 Å². The number of rotatable bonds is 7. The van der Waals surface area contributed by atoms with E-state index in [1.807, 2.05) is 51.1 Å². The van der Waals surface area contributed by atoms with E-state index >= 15 is 0 Å². The first-order chi connectivity index (χ1) is 14.4. The average Bonchev–Trinajstić information content (AvgIpc) is 3.03. The van der Waals surface area contributed by atoms with Gasteiger partial charge in [0.15, 0.2) is 5.13 Å². The monoisotopic (exact) mass is 457 g/mol. The molecule has 0 bridgehead atoms. The number of anilines is 2.